The topological polar surface area (TPSA) is 46.5 Å². The molecule has 1 heterocycles. The van der Waals surface area contributed by atoms with Gasteiger partial charge >= 0.3 is 0 Å². The zero-order valence-corrected chi connectivity index (χ0v) is 13.5. The fourth-order valence-corrected chi connectivity index (χ4v) is 4.21. The van der Waals surface area contributed by atoms with Crippen LogP contribution in [0.4, 0.5) is 0 Å². The second kappa shape index (κ2) is 6.67. The quantitative estimate of drug-likeness (QED) is 0.689. The third-order valence-corrected chi connectivity index (χ3v) is 5.56. The number of hydrogen-bond donors (Lipinski definition) is 1. The first-order valence-electron chi connectivity index (χ1n) is 8.59. The maximum atomic E-state index is 13.6. The molecule has 1 saturated heterocycles. The number of benzene rings is 1. The molecule has 0 bridgehead atoms. The summed E-state index contributed by atoms with van der Waals surface area (Å²) in [4.78, 5) is 2.23. The second-order valence-corrected chi connectivity index (χ2v) is 7.07. The molecular formula is C18H28N2O2. The largest absolute Gasteiger partial charge is 0.632 e. The van der Waals surface area contributed by atoms with Gasteiger partial charge < -0.3 is 15.0 Å². The van der Waals surface area contributed by atoms with Crippen molar-refractivity contribution in [2.75, 3.05) is 33.2 Å². The van der Waals surface area contributed by atoms with E-state index >= 15 is 0 Å². The van der Waals surface area contributed by atoms with Gasteiger partial charge in [-0.15, -0.1) is 0 Å². The van der Waals surface area contributed by atoms with E-state index in [1.165, 1.54) is 0 Å². The van der Waals surface area contributed by atoms with Crippen molar-refractivity contribution in [2.24, 2.45) is 5.92 Å². The Kier molecular flexibility index (Phi) is 4.83. The molecule has 0 aromatic heterocycles. The van der Waals surface area contributed by atoms with Crippen LogP contribution in [-0.4, -0.2) is 54.0 Å². The maximum absolute atomic E-state index is 13.6. The molecule has 3 atom stereocenters. The molecule has 2 aliphatic rings. The molecule has 1 saturated carbocycles. The highest BCUT2D eigenvalue weighted by atomic mass is 16.5. The lowest BCUT2D eigenvalue weighted by Gasteiger charge is -2.55. The van der Waals surface area contributed by atoms with Gasteiger partial charge in [0.25, 0.3) is 0 Å². The summed E-state index contributed by atoms with van der Waals surface area (Å²) >= 11 is 0. The highest BCUT2D eigenvalue weighted by Crippen LogP contribution is 2.42. The van der Waals surface area contributed by atoms with E-state index in [2.05, 4.69) is 24.1 Å². The van der Waals surface area contributed by atoms with Crippen LogP contribution >= 0.6 is 0 Å². The van der Waals surface area contributed by atoms with Crippen molar-refractivity contribution in [3.05, 3.63) is 41.1 Å². The Labute approximate surface area is 133 Å². The summed E-state index contributed by atoms with van der Waals surface area (Å²) in [7, 11) is 2.08. The zero-order valence-electron chi connectivity index (χ0n) is 13.5. The number of hydroxylamine groups is 3. The number of aliphatic hydroxyl groups is 1. The van der Waals surface area contributed by atoms with Gasteiger partial charge in [0.05, 0.1) is 19.2 Å². The first-order chi connectivity index (χ1) is 10.6. The fourth-order valence-electron chi connectivity index (χ4n) is 4.21. The second-order valence-electron chi connectivity index (χ2n) is 7.07. The molecule has 22 heavy (non-hydrogen) atoms. The zero-order chi connectivity index (χ0) is 15.6. The number of rotatable bonds is 3. The van der Waals surface area contributed by atoms with Crippen molar-refractivity contribution in [2.45, 2.75) is 37.8 Å². The molecule has 1 N–H and O–H groups in total. The van der Waals surface area contributed by atoms with Gasteiger partial charge in [-0.1, -0.05) is 43.2 Å². The van der Waals surface area contributed by atoms with Crippen molar-refractivity contribution in [1.29, 1.82) is 0 Å². The van der Waals surface area contributed by atoms with E-state index in [1.807, 2.05) is 18.2 Å². The number of nitrogens with zero attached hydrogens (tertiary/aromatic N) is 2. The van der Waals surface area contributed by atoms with Gasteiger partial charge in [-0.2, -0.15) is 0 Å². The molecule has 4 nitrogen and oxygen atoms in total. The van der Waals surface area contributed by atoms with Gasteiger partial charge in [-0.05, 0) is 19.9 Å². The summed E-state index contributed by atoms with van der Waals surface area (Å²) in [6, 6.07) is 10.0. The monoisotopic (exact) mass is 304 g/mol. The van der Waals surface area contributed by atoms with E-state index in [1.54, 1.807) is 0 Å². The summed E-state index contributed by atoms with van der Waals surface area (Å²) < 4.78 is -0.171. The fraction of sp³-hybridized carbons (Fsp3) is 0.667. The molecule has 1 aliphatic carbocycles. The minimum Gasteiger partial charge on any atom is -0.632 e. The van der Waals surface area contributed by atoms with Gasteiger partial charge in [0.15, 0.2) is 0 Å². The summed E-state index contributed by atoms with van der Waals surface area (Å²) in [6.07, 6.45) is 3.70. The first kappa shape index (κ1) is 15.9. The summed E-state index contributed by atoms with van der Waals surface area (Å²) in [5, 5.41) is 24.2. The Bertz CT molecular complexity index is 471. The predicted octanol–water partition coefficient (Wildman–Crippen LogP) is 2.54. The lowest BCUT2D eigenvalue weighted by atomic mass is 9.78. The van der Waals surface area contributed by atoms with Crippen LogP contribution in [0, 0.1) is 11.1 Å². The van der Waals surface area contributed by atoms with E-state index < -0.39 is 0 Å². The molecule has 1 aromatic carbocycles. The average molecular weight is 304 g/mol. The van der Waals surface area contributed by atoms with Crippen LogP contribution in [0.1, 0.15) is 37.3 Å². The van der Waals surface area contributed by atoms with Crippen LogP contribution in [-0.2, 0) is 0 Å². The van der Waals surface area contributed by atoms with Crippen molar-refractivity contribution >= 4 is 0 Å². The lowest BCUT2D eigenvalue weighted by Crippen LogP contribution is -2.59. The number of quaternary nitrogens is 1. The van der Waals surface area contributed by atoms with Crippen LogP contribution in [0.15, 0.2) is 30.3 Å². The molecule has 0 radical (unpaired) electrons. The molecule has 0 amide bonds. The molecule has 1 aromatic rings. The van der Waals surface area contributed by atoms with Gasteiger partial charge in [0.2, 0.25) is 0 Å². The Morgan fingerprint density at radius 3 is 2.41 bits per heavy atom. The maximum Gasteiger partial charge on any atom is 0.120 e. The minimum atomic E-state index is -0.331. The smallest absolute Gasteiger partial charge is 0.120 e. The van der Waals surface area contributed by atoms with Crippen LogP contribution in [0.25, 0.3) is 0 Å². The average Bonchev–Trinajstić information content (AvgIpc) is 2.54. The molecule has 1 unspecified atom stereocenters. The van der Waals surface area contributed by atoms with E-state index in [-0.39, 0.29) is 22.7 Å². The SMILES string of the molecule is CN1CC[N+]([O-])(C(c2ccccc2)[C@@H]2CCCC[C@H]2O)CC1. The number of hydrogen-bond acceptors (Lipinski definition) is 3. The van der Waals surface area contributed by atoms with Crippen LogP contribution in [0.5, 0.6) is 0 Å². The Balaban J connectivity index is 1.92. The molecule has 3 rings (SSSR count). The Hall–Kier alpha value is -0.940. The molecule has 4 heteroatoms. The van der Waals surface area contributed by atoms with Crippen molar-refractivity contribution in [3.63, 3.8) is 0 Å². The van der Waals surface area contributed by atoms with E-state index in [9.17, 15) is 10.3 Å². The summed E-state index contributed by atoms with van der Waals surface area (Å²) in [6.45, 7) is 2.93. The number of likely N-dealkylation sites (N-methyl/N-ethyl adjacent to an activating group) is 1. The predicted molar refractivity (Wildman–Crippen MR) is 88.0 cm³/mol. The van der Waals surface area contributed by atoms with E-state index in [0.29, 0.717) is 13.1 Å². The molecule has 1 aliphatic heterocycles. The highest BCUT2D eigenvalue weighted by Gasteiger charge is 2.42. The van der Waals surface area contributed by atoms with Gasteiger partial charge in [-0.25, -0.2) is 0 Å². The van der Waals surface area contributed by atoms with Gasteiger partial charge in [0, 0.05) is 24.6 Å². The molecule has 122 valence electrons. The lowest BCUT2D eigenvalue weighted by molar-refractivity contribution is -0.920. The van der Waals surface area contributed by atoms with Crippen LogP contribution in [0.2, 0.25) is 0 Å². The van der Waals surface area contributed by atoms with E-state index in [4.69, 9.17) is 0 Å². The Morgan fingerprint density at radius 2 is 1.77 bits per heavy atom. The normalized spacial score (nSPS) is 30.9. The van der Waals surface area contributed by atoms with Crippen LogP contribution in [0.3, 0.4) is 0 Å². The molecular weight excluding hydrogens is 276 g/mol. The summed E-state index contributed by atoms with van der Waals surface area (Å²) in [5.41, 5.74) is 1.10. The van der Waals surface area contributed by atoms with Crippen molar-refractivity contribution in [3.8, 4) is 0 Å². The third kappa shape index (κ3) is 3.20. The number of piperazine rings is 1. The Morgan fingerprint density at radius 1 is 1.14 bits per heavy atom. The standard InChI is InChI=1S/C18H28N2O2/c1-19-11-13-20(22,14-12-19)18(15-7-3-2-4-8-15)16-9-5-6-10-17(16)21/h2-4,7-8,16-18,21H,5-6,9-14H2,1H3/t16-,17-,18?/m1/s1. The third-order valence-electron chi connectivity index (χ3n) is 5.56. The van der Waals surface area contributed by atoms with Gasteiger partial charge in [0.1, 0.15) is 6.04 Å². The number of aliphatic hydroxyl groups excluding tert-OH is 1. The first-order valence-corrected chi connectivity index (χ1v) is 8.59. The molecule has 2 fully saturated rings. The van der Waals surface area contributed by atoms with Gasteiger partial charge in [-0.3, -0.25) is 4.90 Å². The van der Waals surface area contributed by atoms with Crippen LogP contribution < -0.4 is 0 Å². The minimum absolute atomic E-state index is 0.0945. The van der Waals surface area contributed by atoms with Crippen molar-refractivity contribution in [1.82, 2.24) is 4.90 Å². The highest BCUT2D eigenvalue weighted by molar-refractivity contribution is 5.19. The van der Waals surface area contributed by atoms with Crippen molar-refractivity contribution < 1.29 is 9.75 Å². The summed E-state index contributed by atoms with van der Waals surface area (Å²) in [5.74, 6) is 0.0945. The molecule has 0 spiro atoms. The van der Waals surface area contributed by atoms with E-state index in [0.717, 1.165) is 44.3 Å².